The van der Waals surface area contributed by atoms with Crippen LogP contribution in [0.5, 0.6) is 0 Å². The van der Waals surface area contributed by atoms with Gasteiger partial charge in [-0.2, -0.15) is 0 Å². The van der Waals surface area contributed by atoms with Crippen LogP contribution in [0.4, 0.5) is 0 Å². The van der Waals surface area contributed by atoms with Gasteiger partial charge in [0.2, 0.25) is 0 Å². The second-order valence-electron chi connectivity index (χ2n) is 8.69. The van der Waals surface area contributed by atoms with E-state index in [4.69, 9.17) is 0 Å². The number of aliphatic hydroxyl groups is 1. The third-order valence-electron chi connectivity index (χ3n) is 6.30. The van der Waals surface area contributed by atoms with Crippen LogP contribution in [0, 0.1) is 5.92 Å². The molecule has 0 spiro atoms. The number of benzene rings is 2. The summed E-state index contributed by atoms with van der Waals surface area (Å²) in [6.07, 6.45) is 4.60. The number of hydrogen-bond donors (Lipinski definition) is 1. The predicted molar refractivity (Wildman–Crippen MR) is 122 cm³/mol. The second kappa shape index (κ2) is 8.68. The largest absolute Gasteiger partial charge is 0.385 e. The number of Topliss-reactive ketones (excluding diaryl/α,β-unsaturated/α-hetero) is 1. The fraction of sp³-hybridized carbons (Fsp3) is 0.346. The van der Waals surface area contributed by atoms with Gasteiger partial charge in [-0.05, 0) is 43.3 Å². The molecular formula is C26H30N2O2. The van der Waals surface area contributed by atoms with Crippen molar-refractivity contribution >= 4 is 17.9 Å². The molecule has 156 valence electrons. The van der Waals surface area contributed by atoms with Gasteiger partial charge in [0.1, 0.15) is 0 Å². The topological polar surface area (TPSA) is 43.8 Å². The van der Waals surface area contributed by atoms with Crippen molar-refractivity contribution in [2.45, 2.75) is 12.0 Å². The number of nitrogens with zero attached hydrogens (tertiary/aromatic N) is 2. The Hall–Kier alpha value is -2.53. The molecule has 0 radical (unpaired) electrons. The Morgan fingerprint density at radius 1 is 0.900 bits per heavy atom. The highest BCUT2D eigenvalue weighted by atomic mass is 16.3. The number of likely N-dealkylation sites (N-methyl/N-ethyl adjacent to an activating group) is 2. The molecule has 2 unspecified atom stereocenters. The average molecular weight is 403 g/mol. The molecule has 2 aromatic rings. The maximum absolute atomic E-state index is 13.6. The lowest BCUT2D eigenvalue weighted by atomic mass is 9.70. The number of piperidine rings is 2. The summed E-state index contributed by atoms with van der Waals surface area (Å²) in [7, 11) is 4.09. The zero-order valence-corrected chi connectivity index (χ0v) is 17.8. The SMILES string of the molecule is CN1CCC(O)(C2CN(C)CC(=Cc3ccccc3)C2=O)C(=Cc2ccccc2)C1. The molecule has 2 aliphatic rings. The Bertz CT molecular complexity index is 952. The van der Waals surface area contributed by atoms with Crippen LogP contribution in [0.3, 0.4) is 0 Å². The van der Waals surface area contributed by atoms with Crippen LogP contribution in [-0.2, 0) is 4.79 Å². The van der Waals surface area contributed by atoms with Crippen molar-refractivity contribution in [2.24, 2.45) is 5.92 Å². The molecule has 0 bridgehead atoms. The van der Waals surface area contributed by atoms with Crippen molar-refractivity contribution in [3.8, 4) is 0 Å². The fourth-order valence-corrected chi connectivity index (χ4v) is 4.63. The highest BCUT2D eigenvalue weighted by Crippen LogP contribution is 2.39. The van der Waals surface area contributed by atoms with Crippen LogP contribution < -0.4 is 0 Å². The van der Waals surface area contributed by atoms with Gasteiger partial charge in [0.15, 0.2) is 5.78 Å². The molecule has 0 amide bonds. The Labute approximate surface area is 179 Å². The third-order valence-corrected chi connectivity index (χ3v) is 6.30. The molecule has 0 aromatic heterocycles. The van der Waals surface area contributed by atoms with Gasteiger partial charge in [0.05, 0.1) is 11.5 Å². The van der Waals surface area contributed by atoms with E-state index in [9.17, 15) is 9.90 Å². The van der Waals surface area contributed by atoms with E-state index in [1.54, 1.807) is 0 Å². The minimum Gasteiger partial charge on any atom is -0.385 e. The van der Waals surface area contributed by atoms with Crippen LogP contribution in [0.25, 0.3) is 12.2 Å². The predicted octanol–water partition coefficient (Wildman–Crippen LogP) is 3.35. The van der Waals surface area contributed by atoms with Crippen LogP contribution in [0.2, 0.25) is 0 Å². The Balaban J connectivity index is 1.71. The first-order valence-corrected chi connectivity index (χ1v) is 10.6. The molecule has 2 saturated heterocycles. The fourth-order valence-electron chi connectivity index (χ4n) is 4.63. The molecule has 2 aliphatic heterocycles. The lowest BCUT2D eigenvalue weighted by Gasteiger charge is -2.46. The van der Waals surface area contributed by atoms with Crippen molar-refractivity contribution in [3.63, 3.8) is 0 Å². The maximum Gasteiger partial charge on any atom is 0.167 e. The van der Waals surface area contributed by atoms with E-state index in [1.807, 2.05) is 73.8 Å². The average Bonchev–Trinajstić information content (AvgIpc) is 2.75. The lowest BCUT2D eigenvalue weighted by molar-refractivity contribution is -0.131. The molecule has 0 saturated carbocycles. The van der Waals surface area contributed by atoms with Crippen molar-refractivity contribution in [3.05, 3.63) is 82.9 Å². The molecular weight excluding hydrogens is 372 g/mol. The number of ketones is 1. The first-order valence-electron chi connectivity index (χ1n) is 10.6. The van der Waals surface area contributed by atoms with E-state index in [2.05, 4.69) is 22.9 Å². The summed E-state index contributed by atoms with van der Waals surface area (Å²) in [6, 6.07) is 20.0. The van der Waals surface area contributed by atoms with Crippen molar-refractivity contribution < 1.29 is 9.90 Å². The van der Waals surface area contributed by atoms with Gasteiger partial charge in [-0.25, -0.2) is 0 Å². The first kappa shape index (κ1) is 20.7. The number of hydrogen-bond acceptors (Lipinski definition) is 4. The summed E-state index contributed by atoms with van der Waals surface area (Å²) in [5.74, 6) is -0.391. The quantitative estimate of drug-likeness (QED) is 0.800. The van der Waals surface area contributed by atoms with E-state index in [0.717, 1.165) is 28.8 Å². The summed E-state index contributed by atoms with van der Waals surface area (Å²) in [4.78, 5) is 17.9. The standard InChI is InChI=1S/C26H30N2O2/c1-27-14-13-26(30,23(18-27)16-21-11-7-4-8-12-21)24-19-28(2)17-22(25(24)29)15-20-9-5-3-6-10-20/h3-12,15-16,24,30H,13-14,17-19H2,1-2H3. The minimum atomic E-state index is -1.14. The molecule has 0 aliphatic carbocycles. The molecule has 30 heavy (non-hydrogen) atoms. The van der Waals surface area contributed by atoms with Crippen LogP contribution >= 0.6 is 0 Å². The summed E-state index contributed by atoms with van der Waals surface area (Å²) in [6.45, 7) is 2.61. The van der Waals surface area contributed by atoms with E-state index in [1.165, 1.54) is 0 Å². The van der Waals surface area contributed by atoms with Gasteiger partial charge in [-0.3, -0.25) is 4.79 Å². The number of likely N-dealkylation sites (tertiary alicyclic amines) is 2. The van der Waals surface area contributed by atoms with Crippen LogP contribution in [0.15, 0.2) is 71.8 Å². The highest BCUT2D eigenvalue weighted by Gasteiger charge is 2.48. The molecule has 2 heterocycles. The molecule has 2 fully saturated rings. The van der Waals surface area contributed by atoms with E-state index < -0.39 is 11.5 Å². The molecule has 4 heteroatoms. The van der Waals surface area contributed by atoms with Gasteiger partial charge >= 0.3 is 0 Å². The summed E-state index contributed by atoms with van der Waals surface area (Å²) in [5.41, 5.74) is 2.63. The number of rotatable bonds is 3. The van der Waals surface area contributed by atoms with E-state index >= 15 is 0 Å². The molecule has 4 rings (SSSR count). The first-order chi connectivity index (χ1) is 14.5. The normalized spacial score (nSPS) is 28.9. The lowest BCUT2D eigenvalue weighted by Crippen LogP contribution is -2.57. The monoisotopic (exact) mass is 402 g/mol. The number of carbonyl (C=O) groups excluding carboxylic acids is 1. The van der Waals surface area contributed by atoms with Crippen LogP contribution in [-0.4, -0.2) is 66.6 Å². The molecule has 4 nitrogen and oxygen atoms in total. The van der Waals surface area contributed by atoms with Gasteiger partial charge in [0, 0.05) is 31.8 Å². The second-order valence-corrected chi connectivity index (χ2v) is 8.69. The molecule has 2 aromatic carbocycles. The molecule has 1 N–H and O–H groups in total. The zero-order chi connectivity index (χ0) is 21.1. The van der Waals surface area contributed by atoms with Gasteiger partial charge < -0.3 is 14.9 Å². The summed E-state index contributed by atoms with van der Waals surface area (Å²) in [5, 5.41) is 11.9. The van der Waals surface area contributed by atoms with E-state index in [-0.39, 0.29) is 5.78 Å². The van der Waals surface area contributed by atoms with Crippen LogP contribution in [0.1, 0.15) is 17.5 Å². The minimum absolute atomic E-state index is 0.0722. The van der Waals surface area contributed by atoms with E-state index in [0.29, 0.717) is 26.1 Å². The number of carbonyl (C=O) groups is 1. The van der Waals surface area contributed by atoms with Crippen molar-refractivity contribution in [2.75, 3.05) is 40.3 Å². The highest BCUT2D eigenvalue weighted by molar-refractivity contribution is 6.03. The Kier molecular flexibility index (Phi) is 6.00. The van der Waals surface area contributed by atoms with Gasteiger partial charge in [-0.15, -0.1) is 0 Å². The molecule has 2 atom stereocenters. The Morgan fingerprint density at radius 3 is 2.13 bits per heavy atom. The third kappa shape index (κ3) is 4.31. The maximum atomic E-state index is 13.6. The van der Waals surface area contributed by atoms with Crippen molar-refractivity contribution in [1.29, 1.82) is 0 Å². The summed E-state index contributed by atoms with van der Waals surface area (Å²) < 4.78 is 0. The van der Waals surface area contributed by atoms with Crippen molar-refractivity contribution in [1.82, 2.24) is 9.80 Å². The Morgan fingerprint density at radius 2 is 1.50 bits per heavy atom. The smallest absolute Gasteiger partial charge is 0.167 e. The summed E-state index contributed by atoms with van der Waals surface area (Å²) >= 11 is 0. The zero-order valence-electron chi connectivity index (χ0n) is 17.8. The van der Waals surface area contributed by atoms with Gasteiger partial charge in [-0.1, -0.05) is 66.7 Å². The van der Waals surface area contributed by atoms with Gasteiger partial charge in [0.25, 0.3) is 0 Å².